The smallest absolute Gasteiger partial charge is 0.392 e. The number of hydrogen-bond donors (Lipinski definition) is 2. The summed E-state index contributed by atoms with van der Waals surface area (Å²) in [7, 11) is 0. The second-order valence-corrected chi connectivity index (χ2v) is 2.51. The van der Waals surface area contributed by atoms with Crippen LogP contribution in [0, 0.1) is 0 Å². The summed E-state index contributed by atoms with van der Waals surface area (Å²) in [5.74, 6) is -2.26. The van der Waals surface area contributed by atoms with Gasteiger partial charge in [-0.05, 0) is 5.56 Å². The van der Waals surface area contributed by atoms with Crippen molar-refractivity contribution in [2.24, 2.45) is 5.73 Å². The van der Waals surface area contributed by atoms with E-state index in [1.165, 1.54) is 0 Å². The lowest BCUT2D eigenvalue weighted by Gasteiger charge is -1.95. The highest BCUT2D eigenvalue weighted by Gasteiger charge is 2.35. The number of aliphatic hydroxyl groups is 1. The maximum absolute atomic E-state index is 10.7. The molecule has 1 aromatic carbocycles. The van der Waals surface area contributed by atoms with E-state index in [0.29, 0.717) is 0 Å². The molecule has 1 aromatic rings. The van der Waals surface area contributed by atoms with Crippen molar-refractivity contribution in [3.8, 4) is 0 Å². The molecule has 3 N–H and O–H groups in total. The van der Waals surface area contributed by atoms with Crippen molar-refractivity contribution in [3.05, 3.63) is 35.9 Å². The molecule has 0 radical (unpaired) electrons. The van der Waals surface area contributed by atoms with Crippen molar-refractivity contribution in [1.29, 1.82) is 0 Å². The van der Waals surface area contributed by atoms with Crippen molar-refractivity contribution in [1.82, 2.24) is 0 Å². The molecule has 0 aromatic heterocycles. The monoisotopic (exact) mass is 221 g/mol. The lowest BCUT2D eigenvalue weighted by Crippen LogP contribution is -2.30. The van der Waals surface area contributed by atoms with Gasteiger partial charge in [-0.15, -0.1) is 0 Å². The van der Waals surface area contributed by atoms with Crippen molar-refractivity contribution in [2.75, 3.05) is 0 Å². The lowest BCUT2D eigenvalue weighted by molar-refractivity contribution is -0.169. The van der Waals surface area contributed by atoms with Crippen LogP contribution in [0.15, 0.2) is 30.3 Å². The van der Waals surface area contributed by atoms with Gasteiger partial charge in [-0.1, -0.05) is 30.3 Å². The maximum atomic E-state index is 10.7. The van der Waals surface area contributed by atoms with Gasteiger partial charge in [0.25, 0.3) is 0 Å². The van der Waals surface area contributed by atoms with Crippen LogP contribution >= 0.6 is 0 Å². The lowest BCUT2D eigenvalue weighted by atomic mass is 10.2. The Morgan fingerprint density at radius 3 is 1.87 bits per heavy atom. The first-order valence-corrected chi connectivity index (χ1v) is 3.89. The SMILES string of the molecule is NC(=O)C(F)(F)F.OCc1ccccc1. The summed E-state index contributed by atoms with van der Waals surface area (Å²) in [4.78, 5) is 9.12. The minimum absolute atomic E-state index is 0.140. The quantitative estimate of drug-likeness (QED) is 0.748. The number of amides is 1. The van der Waals surface area contributed by atoms with Gasteiger partial charge in [-0.3, -0.25) is 4.79 Å². The van der Waals surface area contributed by atoms with Gasteiger partial charge >= 0.3 is 12.1 Å². The minimum Gasteiger partial charge on any atom is -0.392 e. The summed E-state index contributed by atoms with van der Waals surface area (Å²) in [6.45, 7) is 0.140. The van der Waals surface area contributed by atoms with Crippen LogP contribution in [0.4, 0.5) is 13.2 Å². The molecule has 0 aliphatic carbocycles. The van der Waals surface area contributed by atoms with Gasteiger partial charge in [-0.25, -0.2) is 0 Å². The first kappa shape index (κ1) is 13.4. The van der Waals surface area contributed by atoms with Gasteiger partial charge in [0.2, 0.25) is 0 Å². The Labute approximate surface area is 84.3 Å². The molecular weight excluding hydrogens is 211 g/mol. The molecule has 0 aliphatic rings. The van der Waals surface area contributed by atoms with E-state index < -0.39 is 12.1 Å². The van der Waals surface area contributed by atoms with Gasteiger partial charge in [-0.2, -0.15) is 13.2 Å². The third-order valence-electron chi connectivity index (χ3n) is 1.30. The van der Waals surface area contributed by atoms with Gasteiger partial charge in [0, 0.05) is 0 Å². The van der Waals surface area contributed by atoms with Gasteiger partial charge < -0.3 is 10.8 Å². The number of hydrogen-bond acceptors (Lipinski definition) is 2. The Balaban J connectivity index is 0.000000265. The molecule has 0 bridgehead atoms. The fourth-order valence-corrected chi connectivity index (χ4v) is 0.583. The Morgan fingerprint density at radius 1 is 1.27 bits per heavy atom. The van der Waals surface area contributed by atoms with E-state index in [2.05, 4.69) is 5.73 Å². The number of carbonyl (C=O) groups is 1. The normalized spacial score (nSPS) is 10.1. The molecule has 0 atom stereocenters. The van der Waals surface area contributed by atoms with Crippen molar-refractivity contribution in [2.45, 2.75) is 12.8 Å². The molecule has 84 valence electrons. The third-order valence-corrected chi connectivity index (χ3v) is 1.30. The van der Waals surface area contributed by atoms with Crippen LogP contribution < -0.4 is 5.73 Å². The number of benzene rings is 1. The molecule has 0 heterocycles. The molecule has 0 saturated heterocycles. The zero-order valence-electron chi connectivity index (χ0n) is 7.66. The first-order valence-electron chi connectivity index (χ1n) is 3.89. The minimum atomic E-state index is -4.86. The summed E-state index contributed by atoms with van der Waals surface area (Å²) in [6, 6.07) is 9.52. The van der Waals surface area contributed by atoms with E-state index in [1.807, 2.05) is 30.3 Å². The first-order chi connectivity index (χ1) is 6.88. The van der Waals surface area contributed by atoms with E-state index in [9.17, 15) is 13.2 Å². The van der Waals surface area contributed by atoms with E-state index in [-0.39, 0.29) is 6.61 Å². The number of aliphatic hydroxyl groups excluding tert-OH is 1. The summed E-state index contributed by atoms with van der Waals surface area (Å²) < 4.78 is 32.1. The molecule has 6 heteroatoms. The average Bonchev–Trinajstić information content (AvgIpc) is 2.18. The van der Waals surface area contributed by atoms with Crippen molar-refractivity contribution >= 4 is 5.91 Å². The number of alkyl halides is 3. The van der Waals surface area contributed by atoms with Crippen LogP contribution in [-0.4, -0.2) is 17.2 Å². The number of carbonyl (C=O) groups excluding carboxylic acids is 1. The van der Waals surface area contributed by atoms with Gasteiger partial charge in [0.05, 0.1) is 6.61 Å². The fraction of sp³-hybridized carbons (Fsp3) is 0.222. The zero-order valence-corrected chi connectivity index (χ0v) is 7.66. The highest BCUT2D eigenvalue weighted by Crippen LogP contribution is 2.11. The predicted molar refractivity (Wildman–Crippen MR) is 47.6 cm³/mol. The second-order valence-electron chi connectivity index (χ2n) is 2.51. The second kappa shape index (κ2) is 6.02. The number of rotatable bonds is 1. The third kappa shape index (κ3) is 6.50. The van der Waals surface area contributed by atoms with Crippen molar-refractivity contribution in [3.63, 3.8) is 0 Å². The Bertz CT molecular complexity index is 298. The van der Waals surface area contributed by atoms with E-state index in [0.717, 1.165) is 5.56 Å². The standard InChI is InChI=1S/C7H8O.C2H2F3NO/c8-6-7-4-2-1-3-5-7;3-2(4,5)1(6)7/h1-5,8H,6H2;(H2,6,7). The molecule has 0 unspecified atom stereocenters. The van der Waals surface area contributed by atoms with Gasteiger partial charge in [0.1, 0.15) is 0 Å². The molecule has 3 nitrogen and oxygen atoms in total. The summed E-state index contributed by atoms with van der Waals surface area (Å²) in [5, 5.41) is 8.54. The molecule has 0 fully saturated rings. The average molecular weight is 221 g/mol. The Hall–Kier alpha value is -1.56. The molecule has 15 heavy (non-hydrogen) atoms. The van der Waals surface area contributed by atoms with Crippen LogP contribution in [0.1, 0.15) is 5.56 Å². The molecule has 1 rings (SSSR count). The zero-order chi connectivity index (χ0) is 11.9. The molecular formula is C9H10F3NO2. The Kier molecular flexibility index (Phi) is 5.40. The Morgan fingerprint density at radius 2 is 1.67 bits per heavy atom. The summed E-state index contributed by atoms with van der Waals surface area (Å²) in [5.41, 5.74) is 4.77. The largest absolute Gasteiger partial charge is 0.470 e. The van der Waals surface area contributed by atoms with Gasteiger partial charge in [0.15, 0.2) is 0 Å². The van der Waals surface area contributed by atoms with E-state index in [4.69, 9.17) is 9.90 Å². The highest BCUT2D eigenvalue weighted by molar-refractivity contribution is 5.79. The molecule has 0 saturated carbocycles. The number of nitrogens with two attached hydrogens (primary N) is 1. The van der Waals surface area contributed by atoms with Crippen LogP contribution in [0.2, 0.25) is 0 Å². The molecule has 1 amide bonds. The number of halogens is 3. The van der Waals surface area contributed by atoms with E-state index in [1.54, 1.807) is 0 Å². The van der Waals surface area contributed by atoms with Crippen LogP contribution in [0.25, 0.3) is 0 Å². The topological polar surface area (TPSA) is 63.3 Å². The molecule has 0 aliphatic heterocycles. The maximum Gasteiger partial charge on any atom is 0.470 e. The summed E-state index contributed by atoms with van der Waals surface area (Å²) >= 11 is 0. The van der Waals surface area contributed by atoms with Crippen LogP contribution in [0.3, 0.4) is 0 Å². The number of primary amides is 1. The van der Waals surface area contributed by atoms with E-state index >= 15 is 0 Å². The van der Waals surface area contributed by atoms with Crippen molar-refractivity contribution < 1.29 is 23.1 Å². The fourth-order valence-electron chi connectivity index (χ4n) is 0.583. The highest BCUT2D eigenvalue weighted by atomic mass is 19.4. The van der Waals surface area contributed by atoms with Crippen LogP contribution in [0.5, 0.6) is 0 Å². The predicted octanol–water partition coefficient (Wildman–Crippen LogP) is 1.21. The summed E-state index contributed by atoms with van der Waals surface area (Å²) in [6.07, 6.45) is -4.86. The van der Waals surface area contributed by atoms with Crippen LogP contribution in [-0.2, 0) is 11.4 Å². The molecule has 0 spiro atoms.